The van der Waals surface area contributed by atoms with Crippen LogP contribution >= 0.6 is 0 Å². The zero-order valence-electron chi connectivity index (χ0n) is 9.56. The van der Waals surface area contributed by atoms with Crippen LogP contribution in [0.2, 0.25) is 0 Å². The number of aryl methyl sites for hydroxylation is 1. The Morgan fingerprint density at radius 2 is 2.38 bits per heavy atom. The summed E-state index contributed by atoms with van der Waals surface area (Å²) in [6, 6.07) is 4.14. The quantitative estimate of drug-likeness (QED) is 0.740. The van der Waals surface area contributed by atoms with E-state index < -0.39 is 0 Å². The number of hydrogen-bond donors (Lipinski definition) is 1. The second kappa shape index (κ2) is 4.45. The van der Waals surface area contributed by atoms with Gasteiger partial charge >= 0.3 is 0 Å². The predicted molar refractivity (Wildman–Crippen MR) is 61.2 cm³/mol. The van der Waals surface area contributed by atoms with Gasteiger partial charge in [-0.1, -0.05) is 0 Å². The van der Waals surface area contributed by atoms with Gasteiger partial charge < -0.3 is 10.2 Å². The highest BCUT2D eigenvalue weighted by Crippen LogP contribution is 2.14. The maximum Gasteiger partial charge on any atom is 0.227 e. The molecule has 16 heavy (non-hydrogen) atoms. The smallest absolute Gasteiger partial charge is 0.227 e. The molecule has 1 aromatic rings. The normalized spacial score (nSPS) is 20.6. The minimum Gasteiger partial charge on any atom is -0.336 e. The van der Waals surface area contributed by atoms with E-state index in [2.05, 4.69) is 33.2 Å². The molecule has 1 aliphatic rings. The molecule has 2 heterocycles. The van der Waals surface area contributed by atoms with Gasteiger partial charge in [-0.2, -0.15) is 5.26 Å². The molecule has 1 N–H and O–H groups in total. The molecule has 2 rings (SSSR count). The fourth-order valence-electron chi connectivity index (χ4n) is 1.88. The summed E-state index contributed by atoms with van der Waals surface area (Å²) in [6.07, 6.45) is 0. The molecule has 5 heteroatoms. The summed E-state index contributed by atoms with van der Waals surface area (Å²) in [6.45, 7) is 6.76. The van der Waals surface area contributed by atoms with Gasteiger partial charge in [0.1, 0.15) is 11.8 Å². The van der Waals surface area contributed by atoms with Gasteiger partial charge in [-0.15, -0.1) is 0 Å². The Morgan fingerprint density at radius 1 is 1.56 bits per heavy atom. The number of nitrogens with zero attached hydrogens (tertiary/aromatic N) is 4. The van der Waals surface area contributed by atoms with E-state index in [-0.39, 0.29) is 0 Å². The Hall–Kier alpha value is -1.67. The van der Waals surface area contributed by atoms with Gasteiger partial charge in [-0.25, -0.2) is 9.97 Å². The second-order valence-corrected chi connectivity index (χ2v) is 4.05. The number of anilines is 1. The molecular weight excluding hydrogens is 202 g/mol. The zero-order valence-corrected chi connectivity index (χ0v) is 9.56. The van der Waals surface area contributed by atoms with Gasteiger partial charge in [0.25, 0.3) is 0 Å². The molecule has 0 bridgehead atoms. The molecule has 1 atom stereocenters. The van der Waals surface area contributed by atoms with E-state index in [0.29, 0.717) is 17.7 Å². The summed E-state index contributed by atoms with van der Waals surface area (Å²) in [4.78, 5) is 10.8. The summed E-state index contributed by atoms with van der Waals surface area (Å²) < 4.78 is 0. The van der Waals surface area contributed by atoms with Crippen LogP contribution in [0.1, 0.15) is 18.3 Å². The first-order chi connectivity index (χ1) is 7.70. The first kappa shape index (κ1) is 10.8. The molecule has 0 amide bonds. The van der Waals surface area contributed by atoms with Crippen LogP contribution in [0.4, 0.5) is 5.95 Å². The number of rotatable bonds is 1. The van der Waals surface area contributed by atoms with Gasteiger partial charge in [-0.3, -0.25) is 0 Å². The highest BCUT2D eigenvalue weighted by Gasteiger charge is 2.20. The first-order valence-corrected chi connectivity index (χ1v) is 5.44. The zero-order chi connectivity index (χ0) is 11.5. The van der Waals surface area contributed by atoms with Crippen molar-refractivity contribution in [2.75, 3.05) is 24.5 Å². The van der Waals surface area contributed by atoms with E-state index in [0.717, 1.165) is 25.3 Å². The van der Waals surface area contributed by atoms with Crippen molar-refractivity contribution in [2.24, 2.45) is 0 Å². The number of piperazine rings is 1. The Morgan fingerprint density at radius 3 is 3.06 bits per heavy atom. The molecule has 0 saturated carbocycles. The summed E-state index contributed by atoms with van der Waals surface area (Å²) in [5.41, 5.74) is 1.28. The van der Waals surface area contributed by atoms with Crippen LogP contribution in [0.15, 0.2) is 6.07 Å². The number of hydrogen-bond acceptors (Lipinski definition) is 5. The summed E-state index contributed by atoms with van der Waals surface area (Å²) in [5, 5.41) is 12.2. The lowest BCUT2D eigenvalue weighted by Crippen LogP contribution is -2.50. The number of aromatic nitrogens is 2. The highest BCUT2D eigenvalue weighted by atomic mass is 15.3. The Bertz CT molecular complexity index is 423. The molecular formula is C11H15N5. The molecule has 5 nitrogen and oxygen atoms in total. The maximum atomic E-state index is 8.88. The molecule has 84 valence electrons. The van der Waals surface area contributed by atoms with Crippen LogP contribution < -0.4 is 10.2 Å². The third kappa shape index (κ3) is 2.12. The van der Waals surface area contributed by atoms with Crippen molar-refractivity contribution >= 4 is 5.95 Å². The summed E-state index contributed by atoms with van der Waals surface area (Å²) in [5.74, 6) is 0.672. The van der Waals surface area contributed by atoms with Crippen molar-refractivity contribution in [1.82, 2.24) is 15.3 Å². The summed E-state index contributed by atoms with van der Waals surface area (Å²) >= 11 is 0. The molecule has 1 aromatic heterocycles. The van der Waals surface area contributed by atoms with Gasteiger partial charge in [0.05, 0.1) is 0 Å². The Labute approximate surface area is 95.1 Å². The molecule has 0 aromatic carbocycles. The van der Waals surface area contributed by atoms with E-state index in [4.69, 9.17) is 5.26 Å². The van der Waals surface area contributed by atoms with Crippen LogP contribution in [0.25, 0.3) is 0 Å². The van der Waals surface area contributed by atoms with Crippen molar-refractivity contribution in [3.05, 3.63) is 17.5 Å². The SMILES string of the molecule is Cc1cc(C#N)nc(N2CCNCC2C)n1. The van der Waals surface area contributed by atoms with Gasteiger partial charge in [0, 0.05) is 31.4 Å². The van der Waals surface area contributed by atoms with Crippen molar-refractivity contribution in [2.45, 2.75) is 19.9 Å². The average Bonchev–Trinajstić information content (AvgIpc) is 2.28. The maximum absolute atomic E-state index is 8.88. The molecule has 1 unspecified atom stereocenters. The molecule has 1 aliphatic heterocycles. The molecule has 0 radical (unpaired) electrons. The van der Waals surface area contributed by atoms with E-state index in [1.807, 2.05) is 6.92 Å². The summed E-state index contributed by atoms with van der Waals surface area (Å²) in [7, 11) is 0. The van der Waals surface area contributed by atoms with Crippen molar-refractivity contribution < 1.29 is 0 Å². The van der Waals surface area contributed by atoms with Crippen LogP contribution in [0.3, 0.4) is 0 Å². The van der Waals surface area contributed by atoms with E-state index >= 15 is 0 Å². The lowest BCUT2D eigenvalue weighted by atomic mass is 10.2. The monoisotopic (exact) mass is 217 g/mol. The fraction of sp³-hybridized carbons (Fsp3) is 0.545. The van der Waals surface area contributed by atoms with Crippen LogP contribution in [-0.2, 0) is 0 Å². The lowest BCUT2D eigenvalue weighted by molar-refractivity contribution is 0.492. The second-order valence-electron chi connectivity index (χ2n) is 4.05. The van der Waals surface area contributed by atoms with Crippen molar-refractivity contribution in [3.8, 4) is 6.07 Å². The Balaban J connectivity index is 2.32. The van der Waals surface area contributed by atoms with Gasteiger partial charge in [0.15, 0.2) is 0 Å². The number of nitrogens with one attached hydrogen (secondary N) is 1. The molecule has 1 saturated heterocycles. The topological polar surface area (TPSA) is 64.8 Å². The van der Waals surface area contributed by atoms with Crippen LogP contribution in [0, 0.1) is 18.3 Å². The minimum atomic E-state index is 0.363. The first-order valence-electron chi connectivity index (χ1n) is 5.44. The van der Waals surface area contributed by atoms with Crippen LogP contribution in [0.5, 0.6) is 0 Å². The third-order valence-corrected chi connectivity index (χ3v) is 2.72. The van der Waals surface area contributed by atoms with E-state index in [1.165, 1.54) is 0 Å². The predicted octanol–water partition coefficient (Wildman–Crippen LogP) is 0.455. The number of nitriles is 1. The van der Waals surface area contributed by atoms with Crippen LogP contribution in [-0.4, -0.2) is 35.6 Å². The Kier molecular flexibility index (Phi) is 3.02. The van der Waals surface area contributed by atoms with Gasteiger partial charge in [0.2, 0.25) is 5.95 Å². The molecule has 0 spiro atoms. The standard InChI is InChI=1S/C11H15N5/c1-8-5-10(6-12)15-11(14-8)16-4-3-13-7-9(16)2/h5,9,13H,3-4,7H2,1-2H3. The van der Waals surface area contributed by atoms with E-state index in [9.17, 15) is 0 Å². The van der Waals surface area contributed by atoms with Crippen molar-refractivity contribution in [1.29, 1.82) is 5.26 Å². The highest BCUT2D eigenvalue weighted by molar-refractivity contribution is 5.37. The lowest BCUT2D eigenvalue weighted by Gasteiger charge is -2.34. The average molecular weight is 217 g/mol. The van der Waals surface area contributed by atoms with Gasteiger partial charge in [-0.05, 0) is 19.9 Å². The fourth-order valence-corrected chi connectivity index (χ4v) is 1.88. The largest absolute Gasteiger partial charge is 0.336 e. The van der Waals surface area contributed by atoms with Crippen molar-refractivity contribution in [3.63, 3.8) is 0 Å². The third-order valence-electron chi connectivity index (χ3n) is 2.72. The molecule has 1 fully saturated rings. The minimum absolute atomic E-state index is 0.363. The van der Waals surface area contributed by atoms with E-state index in [1.54, 1.807) is 6.07 Å². The molecule has 0 aliphatic carbocycles.